The lowest BCUT2D eigenvalue weighted by Gasteiger charge is -2.12. The second kappa shape index (κ2) is 7.48. The van der Waals surface area contributed by atoms with E-state index in [2.05, 4.69) is 54.3 Å². The van der Waals surface area contributed by atoms with Crippen molar-refractivity contribution in [1.82, 2.24) is 9.97 Å². The average Bonchev–Trinajstić information content (AvgIpc) is 3.03. The number of aryl methyl sites for hydroxylation is 3. The van der Waals surface area contributed by atoms with Gasteiger partial charge in [-0.15, -0.1) is 0 Å². The van der Waals surface area contributed by atoms with Gasteiger partial charge >= 0.3 is 0 Å². The number of fused-ring (bicyclic) bond motifs is 2. The molecule has 0 aliphatic rings. The van der Waals surface area contributed by atoms with E-state index in [-0.39, 0.29) is 0 Å². The van der Waals surface area contributed by atoms with E-state index in [0.717, 1.165) is 28.8 Å². The van der Waals surface area contributed by atoms with Crippen molar-refractivity contribution >= 4 is 27.5 Å². The van der Waals surface area contributed by atoms with Crippen LogP contribution in [0.5, 0.6) is 5.75 Å². The van der Waals surface area contributed by atoms with Crippen molar-refractivity contribution in [3.05, 3.63) is 64.5 Å². The molecule has 0 bridgehead atoms. The molecule has 0 saturated carbocycles. The first kappa shape index (κ1) is 18.8. The summed E-state index contributed by atoms with van der Waals surface area (Å²) in [6.45, 7) is 7.11. The number of nitrogens with zero attached hydrogens (tertiary/aromatic N) is 2. The Labute approximate surface area is 170 Å². The first-order valence-corrected chi connectivity index (χ1v) is 9.71. The fourth-order valence-corrected chi connectivity index (χ4v) is 4.05. The SMILES string of the molecule is COc1ccc2ncc(C#N)c(NCCc3c(C)[nH]c4c(C)cc(C)cc34)c2c1. The summed E-state index contributed by atoms with van der Waals surface area (Å²) >= 11 is 0. The van der Waals surface area contributed by atoms with Gasteiger partial charge in [-0.2, -0.15) is 5.26 Å². The molecule has 146 valence electrons. The van der Waals surface area contributed by atoms with Gasteiger partial charge in [0.25, 0.3) is 0 Å². The molecular formula is C24H24N4O. The lowest BCUT2D eigenvalue weighted by atomic mass is 10.0. The third-order valence-electron chi connectivity index (χ3n) is 5.44. The predicted octanol–water partition coefficient (Wildman–Crippen LogP) is 5.18. The van der Waals surface area contributed by atoms with Crippen LogP contribution >= 0.6 is 0 Å². The lowest BCUT2D eigenvalue weighted by Crippen LogP contribution is -2.08. The van der Waals surface area contributed by atoms with Gasteiger partial charge in [-0.05, 0) is 62.6 Å². The molecule has 5 heteroatoms. The van der Waals surface area contributed by atoms with Crippen LogP contribution in [0.3, 0.4) is 0 Å². The summed E-state index contributed by atoms with van der Waals surface area (Å²) in [5.74, 6) is 0.746. The lowest BCUT2D eigenvalue weighted by molar-refractivity contribution is 0.415. The van der Waals surface area contributed by atoms with Crippen molar-refractivity contribution in [2.24, 2.45) is 0 Å². The highest BCUT2D eigenvalue weighted by Crippen LogP contribution is 2.30. The first-order chi connectivity index (χ1) is 14.0. The molecule has 0 atom stereocenters. The summed E-state index contributed by atoms with van der Waals surface area (Å²) in [5.41, 5.74) is 8.42. The normalized spacial score (nSPS) is 11.0. The maximum atomic E-state index is 9.57. The molecule has 0 unspecified atom stereocenters. The monoisotopic (exact) mass is 384 g/mol. The van der Waals surface area contributed by atoms with Crippen LogP contribution in [0.25, 0.3) is 21.8 Å². The maximum Gasteiger partial charge on any atom is 0.119 e. The number of nitrogens with one attached hydrogen (secondary N) is 2. The fourth-order valence-electron chi connectivity index (χ4n) is 4.05. The van der Waals surface area contributed by atoms with Gasteiger partial charge in [0.05, 0.1) is 23.9 Å². The number of anilines is 1. The number of rotatable bonds is 5. The van der Waals surface area contributed by atoms with Gasteiger partial charge in [-0.25, -0.2) is 0 Å². The zero-order valence-electron chi connectivity index (χ0n) is 17.2. The van der Waals surface area contributed by atoms with Crippen molar-refractivity contribution in [2.75, 3.05) is 19.0 Å². The number of hydrogen-bond donors (Lipinski definition) is 2. The molecule has 0 aliphatic carbocycles. The minimum absolute atomic E-state index is 0.535. The number of methoxy groups -OCH3 is 1. The molecule has 2 aromatic heterocycles. The molecule has 0 fully saturated rings. The minimum Gasteiger partial charge on any atom is -0.497 e. The molecule has 29 heavy (non-hydrogen) atoms. The quantitative estimate of drug-likeness (QED) is 0.497. The van der Waals surface area contributed by atoms with Gasteiger partial charge in [0.2, 0.25) is 0 Å². The summed E-state index contributed by atoms with van der Waals surface area (Å²) in [6.07, 6.45) is 2.48. The minimum atomic E-state index is 0.535. The molecule has 4 rings (SSSR count). The second-order valence-corrected chi connectivity index (χ2v) is 7.45. The Hall–Kier alpha value is -3.52. The zero-order chi connectivity index (χ0) is 20.5. The molecule has 0 spiro atoms. The number of benzene rings is 2. The van der Waals surface area contributed by atoms with E-state index in [4.69, 9.17) is 4.74 Å². The van der Waals surface area contributed by atoms with E-state index in [0.29, 0.717) is 12.1 Å². The van der Waals surface area contributed by atoms with Gasteiger partial charge < -0.3 is 15.0 Å². The van der Waals surface area contributed by atoms with Gasteiger partial charge in [0.15, 0.2) is 0 Å². The summed E-state index contributed by atoms with van der Waals surface area (Å²) in [6, 6.07) is 12.4. The van der Waals surface area contributed by atoms with Crippen molar-refractivity contribution in [3.63, 3.8) is 0 Å². The van der Waals surface area contributed by atoms with Crippen LogP contribution in [0, 0.1) is 32.1 Å². The Kier molecular flexibility index (Phi) is 4.85. The van der Waals surface area contributed by atoms with Gasteiger partial charge in [-0.1, -0.05) is 11.6 Å². The number of ether oxygens (including phenoxy) is 1. The number of pyridine rings is 1. The molecular weight excluding hydrogens is 360 g/mol. The van der Waals surface area contributed by atoms with E-state index < -0.39 is 0 Å². The fraction of sp³-hybridized carbons (Fsp3) is 0.250. The van der Waals surface area contributed by atoms with Crippen molar-refractivity contribution < 1.29 is 4.74 Å². The van der Waals surface area contributed by atoms with Crippen LogP contribution in [0.15, 0.2) is 36.5 Å². The third kappa shape index (κ3) is 3.38. The summed E-state index contributed by atoms with van der Waals surface area (Å²) in [5, 5.41) is 15.2. The Morgan fingerprint density at radius 2 is 1.97 bits per heavy atom. The van der Waals surface area contributed by atoms with Gasteiger partial charge in [-0.3, -0.25) is 4.98 Å². The van der Waals surface area contributed by atoms with Gasteiger partial charge in [0, 0.05) is 34.7 Å². The number of H-pyrrole nitrogens is 1. The number of aromatic amines is 1. The smallest absolute Gasteiger partial charge is 0.119 e. The molecule has 0 amide bonds. The summed E-state index contributed by atoms with van der Waals surface area (Å²) < 4.78 is 5.36. The Morgan fingerprint density at radius 3 is 2.72 bits per heavy atom. The van der Waals surface area contributed by atoms with Crippen LogP contribution in [-0.2, 0) is 6.42 Å². The molecule has 0 aliphatic heterocycles. The van der Waals surface area contributed by atoms with E-state index in [1.54, 1.807) is 13.3 Å². The Bertz CT molecular complexity index is 1260. The Balaban J connectivity index is 1.67. The molecule has 4 aromatic rings. The second-order valence-electron chi connectivity index (χ2n) is 7.45. The number of nitriles is 1. The van der Waals surface area contributed by atoms with Crippen LogP contribution in [0.1, 0.15) is 27.9 Å². The number of aromatic nitrogens is 2. The highest BCUT2D eigenvalue weighted by atomic mass is 16.5. The Morgan fingerprint density at radius 1 is 1.14 bits per heavy atom. The van der Waals surface area contributed by atoms with Crippen LogP contribution < -0.4 is 10.1 Å². The molecule has 0 radical (unpaired) electrons. The maximum absolute atomic E-state index is 9.57. The van der Waals surface area contributed by atoms with E-state index >= 15 is 0 Å². The highest BCUT2D eigenvalue weighted by Gasteiger charge is 2.13. The van der Waals surface area contributed by atoms with Crippen molar-refractivity contribution in [2.45, 2.75) is 27.2 Å². The third-order valence-corrected chi connectivity index (χ3v) is 5.44. The van der Waals surface area contributed by atoms with Crippen LogP contribution in [0.4, 0.5) is 5.69 Å². The summed E-state index contributed by atoms with van der Waals surface area (Å²) in [7, 11) is 1.64. The van der Waals surface area contributed by atoms with E-state index in [9.17, 15) is 5.26 Å². The molecule has 2 heterocycles. The van der Waals surface area contributed by atoms with Crippen molar-refractivity contribution in [3.8, 4) is 11.8 Å². The van der Waals surface area contributed by atoms with E-state index in [1.165, 1.54) is 33.3 Å². The highest BCUT2D eigenvalue weighted by molar-refractivity contribution is 5.95. The number of hydrogen-bond acceptors (Lipinski definition) is 4. The van der Waals surface area contributed by atoms with Gasteiger partial charge in [0.1, 0.15) is 11.8 Å². The molecule has 2 N–H and O–H groups in total. The first-order valence-electron chi connectivity index (χ1n) is 9.71. The van der Waals surface area contributed by atoms with Crippen LogP contribution in [0.2, 0.25) is 0 Å². The standard InChI is InChI=1S/C24H24N4O/c1-14-9-15(2)23-20(10-14)19(16(3)28-23)7-8-26-24-17(12-25)13-27-22-6-5-18(29-4)11-21(22)24/h5-6,9-11,13,28H,7-8H2,1-4H3,(H,26,27). The van der Waals surface area contributed by atoms with Crippen molar-refractivity contribution in [1.29, 1.82) is 5.26 Å². The van der Waals surface area contributed by atoms with E-state index in [1.807, 2.05) is 18.2 Å². The average molecular weight is 384 g/mol. The molecule has 0 saturated heterocycles. The summed E-state index contributed by atoms with van der Waals surface area (Å²) in [4.78, 5) is 7.93. The predicted molar refractivity (Wildman–Crippen MR) is 118 cm³/mol. The largest absolute Gasteiger partial charge is 0.497 e. The molecule has 2 aromatic carbocycles. The molecule has 5 nitrogen and oxygen atoms in total. The van der Waals surface area contributed by atoms with Crippen LogP contribution in [-0.4, -0.2) is 23.6 Å². The zero-order valence-corrected chi connectivity index (χ0v) is 17.2. The topological polar surface area (TPSA) is 73.7 Å².